The first-order valence-corrected chi connectivity index (χ1v) is 9.12. The van der Waals surface area contributed by atoms with Gasteiger partial charge in [-0.05, 0) is 35.4 Å². The first-order valence-electron chi connectivity index (χ1n) is 9.12. The molecule has 3 rings (SSSR count). The van der Waals surface area contributed by atoms with Crippen LogP contribution in [-0.2, 0) is 13.1 Å². The zero-order valence-electron chi connectivity index (χ0n) is 15.8. The third-order valence-electron chi connectivity index (χ3n) is 3.90. The number of nitrogens with zero attached hydrogens (tertiary/aromatic N) is 7. The van der Waals surface area contributed by atoms with Crippen molar-refractivity contribution in [2.75, 3.05) is 13.2 Å². The number of aliphatic hydroxyl groups is 2. The van der Waals surface area contributed by atoms with E-state index < -0.39 is 0 Å². The maximum absolute atomic E-state index is 9.22. The third kappa shape index (κ3) is 5.71. The highest BCUT2D eigenvalue weighted by Crippen LogP contribution is 2.07. The highest BCUT2D eigenvalue weighted by Gasteiger charge is 2.11. The summed E-state index contributed by atoms with van der Waals surface area (Å²) in [5, 5.41) is 35.5. The number of hydrogen-bond donors (Lipinski definition) is 2. The minimum atomic E-state index is -0.00736. The predicted molar refractivity (Wildman–Crippen MR) is 106 cm³/mol. The van der Waals surface area contributed by atoms with Crippen LogP contribution in [-0.4, -0.2) is 38.8 Å². The van der Waals surface area contributed by atoms with Crippen LogP contribution in [0.4, 0.5) is 5.82 Å². The molecular weight excluding hydrogens is 370 g/mol. The van der Waals surface area contributed by atoms with E-state index >= 15 is 0 Å². The number of amidine groups is 1. The average molecular weight is 392 g/mol. The van der Waals surface area contributed by atoms with Gasteiger partial charge in [-0.1, -0.05) is 18.2 Å². The molecule has 0 radical (unpaired) electrons. The van der Waals surface area contributed by atoms with Crippen LogP contribution in [0, 0.1) is 0 Å². The van der Waals surface area contributed by atoms with Gasteiger partial charge in [0, 0.05) is 25.0 Å². The molecule has 0 fully saturated rings. The van der Waals surface area contributed by atoms with Crippen LogP contribution in [0.1, 0.15) is 5.69 Å². The molecule has 0 amide bonds. The SMILES string of the molecule is OCCn1ccccc1=NN=C(N=Nc1cccc[n+]1CCO)c1ccccn1. The highest BCUT2D eigenvalue weighted by atomic mass is 16.3. The number of pyridine rings is 3. The molecule has 0 saturated carbocycles. The maximum atomic E-state index is 9.22. The number of hydrogen-bond acceptors (Lipinski definition) is 6. The maximum Gasteiger partial charge on any atom is 0.350 e. The van der Waals surface area contributed by atoms with Crippen molar-refractivity contribution in [3.8, 4) is 0 Å². The van der Waals surface area contributed by atoms with E-state index in [1.807, 2.05) is 42.7 Å². The van der Waals surface area contributed by atoms with Crippen LogP contribution < -0.4 is 10.1 Å². The van der Waals surface area contributed by atoms with Crippen molar-refractivity contribution >= 4 is 11.7 Å². The van der Waals surface area contributed by atoms with Gasteiger partial charge >= 0.3 is 5.82 Å². The van der Waals surface area contributed by atoms with Gasteiger partial charge in [0.2, 0.25) is 5.84 Å². The lowest BCUT2D eigenvalue weighted by Crippen LogP contribution is -2.35. The van der Waals surface area contributed by atoms with Gasteiger partial charge in [0.1, 0.15) is 12.2 Å². The number of aliphatic hydroxyl groups excluding tert-OH is 2. The van der Waals surface area contributed by atoms with Crippen LogP contribution >= 0.6 is 0 Å². The monoisotopic (exact) mass is 392 g/mol. The normalized spacial score (nSPS) is 12.6. The minimum absolute atomic E-state index is 0.00736. The van der Waals surface area contributed by atoms with Gasteiger partial charge in [-0.15, -0.1) is 10.2 Å². The van der Waals surface area contributed by atoms with Crippen LogP contribution in [0.3, 0.4) is 0 Å². The molecule has 0 atom stereocenters. The van der Waals surface area contributed by atoms with Crippen LogP contribution in [0.25, 0.3) is 0 Å². The highest BCUT2D eigenvalue weighted by molar-refractivity contribution is 5.97. The zero-order chi connectivity index (χ0) is 20.3. The second-order valence-electron chi connectivity index (χ2n) is 5.89. The van der Waals surface area contributed by atoms with E-state index in [4.69, 9.17) is 0 Å². The lowest BCUT2D eigenvalue weighted by molar-refractivity contribution is -0.685. The molecule has 0 aliphatic carbocycles. The molecule has 9 heteroatoms. The molecule has 0 bridgehead atoms. The summed E-state index contributed by atoms with van der Waals surface area (Å²) < 4.78 is 3.56. The average Bonchev–Trinajstić information content (AvgIpc) is 2.77. The van der Waals surface area contributed by atoms with Gasteiger partial charge < -0.3 is 14.8 Å². The molecule has 9 nitrogen and oxygen atoms in total. The first-order chi connectivity index (χ1) is 14.3. The molecule has 0 aliphatic rings. The predicted octanol–water partition coefficient (Wildman–Crippen LogP) is 1.20. The molecular formula is C20H22N7O2+. The van der Waals surface area contributed by atoms with Crippen molar-refractivity contribution in [2.24, 2.45) is 20.4 Å². The second kappa shape index (κ2) is 10.7. The fourth-order valence-corrected chi connectivity index (χ4v) is 2.52. The van der Waals surface area contributed by atoms with Crippen molar-refractivity contribution in [2.45, 2.75) is 13.1 Å². The van der Waals surface area contributed by atoms with E-state index in [1.54, 1.807) is 39.6 Å². The summed E-state index contributed by atoms with van der Waals surface area (Å²) in [4.78, 5) is 4.28. The molecule has 0 spiro atoms. The molecule has 0 saturated heterocycles. The van der Waals surface area contributed by atoms with E-state index in [0.29, 0.717) is 30.1 Å². The van der Waals surface area contributed by atoms with Crippen molar-refractivity contribution in [1.82, 2.24) is 9.55 Å². The Balaban J connectivity index is 2.01. The summed E-state index contributed by atoms with van der Waals surface area (Å²) in [5.41, 5.74) is 1.09. The standard InChI is InChI=1S/C20H22N7O2/c28-15-13-26-11-5-2-8-18(26)22-24-20(17-7-1-4-10-21-17)25-23-19-9-3-6-12-27(19)14-16-29/h1-12,28-29H,13-16H2/q+1. The Morgan fingerprint density at radius 1 is 1.00 bits per heavy atom. The van der Waals surface area contributed by atoms with E-state index in [2.05, 4.69) is 25.4 Å². The van der Waals surface area contributed by atoms with E-state index in [9.17, 15) is 10.2 Å². The fraction of sp³-hybridized carbons (Fsp3) is 0.200. The topological polar surface area (TPSA) is 112 Å². The number of azo groups is 1. The number of rotatable bonds is 7. The summed E-state index contributed by atoms with van der Waals surface area (Å²) in [6.45, 7) is 0.792. The quantitative estimate of drug-likeness (QED) is 0.207. The zero-order valence-corrected chi connectivity index (χ0v) is 15.8. The first kappa shape index (κ1) is 20.2. The van der Waals surface area contributed by atoms with Gasteiger partial charge in [0.25, 0.3) is 0 Å². The third-order valence-corrected chi connectivity index (χ3v) is 3.90. The second-order valence-corrected chi connectivity index (χ2v) is 5.89. The van der Waals surface area contributed by atoms with Crippen LogP contribution in [0.2, 0.25) is 0 Å². The summed E-state index contributed by atoms with van der Waals surface area (Å²) in [7, 11) is 0. The smallest absolute Gasteiger partial charge is 0.350 e. The molecule has 3 aromatic heterocycles. The Morgan fingerprint density at radius 3 is 2.66 bits per heavy atom. The van der Waals surface area contributed by atoms with Crippen LogP contribution in [0.15, 0.2) is 93.6 Å². The Hall–Kier alpha value is -3.56. The Bertz CT molecular complexity index is 1050. The molecule has 29 heavy (non-hydrogen) atoms. The number of aromatic nitrogens is 3. The van der Waals surface area contributed by atoms with Crippen LogP contribution in [0.5, 0.6) is 0 Å². The summed E-state index contributed by atoms with van der Waals surface area (Å²) >= 11 is 0. The van der Waals surface area contributed by atoms with Gasteiger partial charge in [-0.2, -0.15) is 0 Å². The Morgan fingerprint density at radius 2 is 1.86 bits per heavy atom. The summed E-state index contributed by atoms with van der Waals surface area (Å²) in [5.74, 6) is 0.810. The fourth-order valence-electron chi connectivity index (χ4n) is 2.52. The molecule has 3 heterocycles. The lowest BCUT2D eigenvalue weighted by Gasteiger charge is -2.03. The molecule has 148 valence electrons. The molecule has 2 N–H and O–H groups in total. The van der Waals surface area contributed by atoms with E-state index in [-0.39, 0.29) is 19.0 Å². The largest absolute Gasteiger partial charge is 0.395 e. The summed E-state index contributed by atoms with van der Waals surface area (Å²) in [6.07, 6.45) is 5.27. The molecule has 0 aliphatic heterocycles. The van der Waals surface area contributed by atoms with Gasteiger partial charge in [-0.25, -0.2) is 4.57 Å². The van der Waals surface area contributed by atoms with Crippen molar-refractivity contribution in [3.63, 3.8) is 0 Å². The van der Waals surface area contributed by atoms with Crippen molar-refractivity contribution < 1.29 is 14.8 Å². The van der Waals surface area contributed by atoms with Gasteiger partial charge in [-0.3, -0.25) is 4.98 Å². The Labute approximate surface area is 167 Å². The van der Waals surface area contributed by atoms with Crippen molar-refractivity contribution in [3.05, 3.63) is 84.4 Å². The van der Waals surface area contributed by atoms with Gasteiger partial charge in [0.15, 0.2) is 5.49 Å². The Kier molecular flexibility index (Phi) is 7.44. The van der Waals surface area contributed by atoms with Gasteiger partial charge in [0.05, 0.1) is 24.5 Å². The van der Waals surface area contributed by atoms with E-state index in [1.165, 1.54) is 0 Å². The lowest BCUT2D eigenvalue weighted by atomic mass is 10.3. The minimum Gasteiger partial charge on any atom is -0.395 e. The van der Waals surface area contributed by atoms with Crippen molar-refractivity contribution in [1.29, 1.82) is 0 Å². The molecule has 0 aromatic carbocycles. The molecule has 0 unspecified atom stereocenters. The van der Waals surface area contributed by atoms with E-state index in [0.717, 1.165) is 0 Å². The molecule has 3 aromatic rings. The summed E-state index contributed by atoms with van der Waals surface area (Å²) in [6, 6.07) is 16.4.